The zero-order chi connectivity index (χ0) is 8.55. The van der Waals surface area contributed by atoms with Crippen LogP contribution in [0.2, 0.25) is 0 Å². The van der Waals surface area contributed by atoms with Crippen molar-refractivity contribution >= 4 is 21.9 Å². The molecule has 0 radical (unpaired) electrons. The number of aromatic nitrogens is 1. The standard InChI is InChI=1S/C9H11NOS/c1-12(2)8-3-4-9-7(5-8)6-10-11-9/h3-6,12H,1-2H3. The summed E-state index contributed by atoms with van der Waals surface area (Å²) in [7, 11) is -0.0193. The van der Waals surface area contributed by atoms with Crippen LogP contribution in [0.15, 0.2) is 33.8 Å². The quantitative estimate of drug-likeness (QED) is 0.684. The molecule has 0 aliphatic heterocycles. The largest absolute Gasteiger partial charge is 0.356 e. The molecule has 64 valence electrons. The number of fused-ring (bicyclic) bond motifs is 1. The van der Waals surface area contributed by atoms with Crippen LogP contribution in [0.5, 0.6) is 0 Å². The van der Waals surface area contributed by atoms with E-state index in [1.165, 1.54) is 4.90 Å². The lowest BCUT2D eigenvalue weighted by Crippen LogP contribution is -1.76. The number of rotatable bonds is 1. The molecule has 2 aromatic rings. The van der Waals surface area contributed by atoms with E-state index in [2.05, 4.69) is 29.8 Å². The van der Waals surface area contributed by atoms with E-state index < -0.39 is 0 Å². The molecule has 1 heterocycles. The number of hydrogen-bond acceptors (Lipinski definition) is 2. The van der Waals surface area contributed by atoms with E-state index in [-0.39, 0.29) is 10.9 Å². The normalized spacial score (nSPS) is 12.0. The lowest BCUT2D eigenvalue weighted by Gasteiger charge is -2.07. The van der Waals surface area contributed by atoms with E-state index in [0.717, 1.165) is 11.0 Å². The van der Waals surface area contributed by atoms with E-state index in [9.17, 15) is 0 Å². The Morgan fingerprint density at radius 1 is 1.33 bits per heavy atom. The van der Waals surface area contributed by atoms with Gasteiger partial charge in [0.25, 0.3) is 0 Å². The molecule has 1 aromatic heterocycles. The molecule has 0 N–H and O–H groups in total. The highest BCUT2D eigenvalue weighted by Gasteiger charge is 2.00. The zero-order valence-corrected chi connectivity index (χ0v) is 8.01. The first kappa shape index (κ1) is 7.68. The fourth-order valence-corrected chi connectivity index (χ4v) is 1.91. The molecule has 3 heteroatoms. The Morgan fingerprint density at radius 2 is 2.17 bits per heavy atom. The second kappa shape index (κ2) is 2.83. The maximum absolute atomic E-state index is 5.01. The average Bonchev–Trinajstić information content (AvgIpc) is 2.49. The Labute approximate surface area is 73.9 Å². The van der Waals surface area contributed by atoms with Gasteiger partial charge in [0.1, 0.15) is 0 Å². The molecule has 0 bridgehead atoms. The first-order chi connectivity index (χ1) is 5.77. The van der Waals surface area contributed by atoms with E-state index >= 15 is 0 Å². The van der Waals surface area contributed by atoms with Gasteiger partial charge in [0.05, 0.1) is 6.20 Å². The Hall–Kier alpha value is -0.960. The van der Waals surface area contributed by atoms with Gasteiger partial charge in [0.2, 0.25) is 0 Å². The first-order valence-electron chi connectivity index (χ1n) is 3.79. The zero-order valence-electron chi connectivity index (χ0n) is 7.11. The van der Waals surface area contributed by atoms with Crippen molar-refractivity contribution < 1.29 is 4.52 Å². The maximum Gasteiger partial charge on any atom is 0.166 e. The van der Waals surface area contributed by atoms with Crippen LogP contribution in [-0.4, -0.2) is 17.7 Å². The smallest absolute Gasteiger partial charge is 0.166 e. The fraction of sp³-hybridized carbons (Fsp3) is 0.222. The molecule has 0 saturated heterocycles. The summed E-state index contributed by atoms with van der Waals surface area (Å²) in [6.45, 7) is 0. The van der Waals surface area contributed by atoms with Crippen LogP contribution < -0.4 is 0 Å². The molecule has 12 heavy (non-hydrogen) atoms. The van der Waals surface area contributed by atoms with E-state index in [4.69, 9.17) is 4.52 Å². The molecule has 0 aliphatic rings. The van der Waals surface area contributed by atoms with Crippen molar-refractivity contribution in [2.45, 2.75) is 4.90 Å². The summed E-state index contributed by atoms with van der Waals surface area (Å²) in [5.41, 5.74) is 0.871. The highest BCUT2D eigenvalue weighted by atomic mass is 32.2. The molecule has 0 aliphatic carbocycles. The summed E-state index contributed by atoms with van der Waals surface area (Å²) in [5.74, 6) is 0. The maximum atomic E-state index is 5.01. The molecule has 0 atom stereocenters. The number of thiol groups is 1. The van der Waals surface area contributed by atoms with Crippen molar-refractivity contribution in [3.8, 4) is 0 Å². The number of benzene rings is 1. The van der Waals surface area contributed by atoms with Crippen LogP contribution in [0, 0.1) is 0 Å². The summed E-state index contributed by atoms with van der Waals surface area (Å²) >= 11 is 0. The first-order valence-corrected chi connectivity index (χ1v) is 6.03. The number of nitrogens with zero attached hydrogens (tertiary/aromatic N) is 1. The monoisotopic (exact) mass is 181 g/mol. The predicted octanol–water partition coefficient (Wildman–Crippen LogP) is 2.45. The van der Waals surface area contributed by atoms with Crippen LogP contribution in [0.3, 0.4) is 0 Å². The van der Waals surface area contributed by atoms with Crippen LogP contribution in [0.4, 0.5) is 0 Å². The van der Waals surface area contributed by atoms with E-state index in [1.54, 1.807) is 6.20 Å². The molecular formula is C9H11NOS. The van der Waals surface area contributed by atoms with Gasteiger partial charge >= 0.3 is 0 Å². The Kier molecular flexibility index (Phi) is 1.81. The van der Waals surface area contributed by atoms with Gasteiger partial charge < -0.3 is 4.52 Å². The topological polar surface area (TPSA) is 26.0 Å². The second-order valence-corrected chi connectivity index (χ2v) is 5.25. The summed E-state index contributed by atoms with van der Waals surface area (Å²) in [4.78, 5) is 1.39. The van der Waals surface area contributed by atoms with Gasteiger partial charge in [-0.2, -0.15) is 0 Å². The van der Waals surface area contributed by atoms with Crippen molar-refractivity contribution in [3.63, 3.8) is 0 Å². The molecule has 0 saturated carbocycles. The van der Waals surface area contributed by atoms with Crippen molar-refractivity contribution in [2.75, 3.05) is 12.5 Å². The molecule has 2 rings (SSSR count). The lowest BCUT2D eigenvalue weighted by molar-refractivity contribution is 0.456. The minimum Gasteiger partial charge on any atom is -0.356 e. The van der Waals surface area contributed by atoms with Gasteiger partial charge in [-0.05, 0) is 35.6 Å². The summed E-state index contributed by atoms with van der Waals surface area (Å²) in [6.07, 6.45) is 6.24. The SMILES string of the molecule is C[SH](C)c1ccc2oncc2c1. The Morgan fingerprint density at radius 3 is 2.92 bits per heavy atom. The van der Waals surface area contributed by atoms with Crippen molar-refractivity contribution in [2.24, 2.45) is 0 Å². The van der Waals surface area contributed by atoms with Gasteiger partial charge in [-0.3, -0.25) is 0 Å². The third-order valence-corrected chi connectivity index (χ3v) is 3.16. The van der Waals surface area contributed by atoms with Crippen molar-refractivity contribution in [1.29, 1.82) is 0 Å². The van der Waals surface area contributed by atoms with Crippen molar-refractivity contribution in [1.82, 2.24) is 5.16 Å². The van der Waals surface area contributed by atoms with E-state index in [0.29, 0.717) is 0 Å². The highest BCUT2D eigenvalue weighted by Crippen LogP contribution is 2.30. The lowest BCUT2D eigenvalue weighted by atomic mass is 10.3. The molecule has 2 nitrogen and oxygen atoms in total. The van der Waals surface area contributed by atoms with Crippen LogP contribution in [-0.2, 0) is 0 Å². The Bertz CT molecular complexity index is 394. The van der Waals surface area contributed by atoms with Gasteiger partial charge in [-0.25, -0.2) is 10.9 Å². The highest BCUT2D eigenvalue weighted by molar-refractivity contribution is 8.15. The summed E-state index contributed by atoms with van der Waals surface area (Å²) in [5, 5.41) is 4.83. The van der Waals surface area contributed by atoms with Gasteiger partial charge in [-0.1, -0.05) is 5.16 Å². The van der Waals surface area contributed by atoms with Gasteiger partial charge in [0, 0.05) is 5.39 Å². The van der Waals surface area contributed by atoms with Crippen molar-refractivity contribution in [3.05, 3.63) is 24.4 Å². The van der Waals surface area contributed by atoms with Gasteiger partial charge in [-0.15, -0.1) is 0 Å². The summed E-state index contributed by atoms with van der Waals surface area (Å²) in [6, 6.07) is 6.25. The third kappa shape index (κ3) is 1.20. The predicted molar refractivity (Wildman–Crippen MR) is 53.1 cm³/mol. The van der Waals surface area contributed by atoms with Gasteiger partial charge in [0.15, 0.2) is 5.58 Å². The summed E-state index contributed by atoms with van der Waals surface area (Å²) < 4.78 is 5.01. The molecule has 0 spiro atoms. The van der Waals surface area contributed by atoms with Crippen LogP contribution in [0.25, 0.3) is 11.0 Å². The molecule has 0 unspecified atom stereocenters. The second-order valence-electron chi connectivity index (χ2n) is 2.94. The third-order valence-electron chi connectivity index (χ3n) is 1.85. The van der Waals surface area contributed by atoms with Crippen LogP contribution >= 0.6 is 10.9 Å². The van der Waals surface area contributed by atoms with Crippen LogP contribution in [0.1, 0.15) is 0 Å². The molecule has 0 fully saturated rings. The molecule has 0 amide bonds. The average molecular weight is 181 g/mol. The minimum atomic E-state index is -0.0193. The molecular weight excluding hydrogens is 170 g/mol. The Balaban J connectivity index is 2.60. The number of hydrogen-bond donors (Lipinski definition) is 1. The minimum absolute atomic E-state index is 0.0193. The fourth-order valence-electron chi connectivity index (χ4n) is 1.14. The molecule has 1 aromatic carbocycles. The van der Waals surface area contributed by atoms with E-state index in [1.807, 2.05) is 6.07 Å².